The van der Waals surface area contributed by atoms with E-state index in [9.17, 15) is 20.3 Å². The van der Waals surface area contributed by atoms with Crippen LogP contribution in [0.5, 0.6) is 5.75 Å². The van der Waals surface area contributed by atoms with E-state index in [0.717, 1.165) is 24.3 Å². The van der Waals surface area contributed by atoms with E-state index in [2.05, 4.69) is 4.98 Å². The predicted octanol–water partition coefficient (Wildman–Crippen LogP) is 1.34. The lowest BCUT2D eigenvalue weighted by Gasteiger charge is -2.33. The lowest BCUT2D eigenvalue weighted by atomic mass is 9.84. The van der Waals surface area contributed by atoms with Crippen LogP contribution in [0.4, 0.5) is 5.82 Å². The molecule has 1 aromatic heterocycles. The zero-order valence-corrected chi connectivity index (χ0v) is 10.5. The number of aromatic nitrogens is 1. The molecule has 1 fully saturated rings. The summed E-state index contributed by atoms with van der Waals surface area (Å²) in [6.07, 6.45) is 4.60. The first-order chi connectivity index (χ1) is 9.15. The molecule has 2 rings (SSSR count). The minimum absolute atomic E-state index is 0.0575. The van der Waals surface area contributed by atoms with Gasteiger partial charge in [-0.1, -0.05) is 17.9 Å². The molecule has 1 heterocycles. The number of rotatable bonds is 4. The van der Waals surface area contributed by atoms with Crippen LogP contribution in [-0.4, -0.2) is 32.9 Å². The van der Waals surface area contributed by atoms with E-state index in [4.69, 9.17) is 0 Å². The third-order valence-corrected chi connectivity index (χ3v) is 3.58. The molecule has 19 heavy (non-hydrogen) atoms. The smallest absolute Gasteiger partial charge is 0.236 e. The van der Waals surface area contributed by atoms with Crippen molar-refractivity contribution in [2.45, 2.75) is 31.7 Å². The first-order valence-electron chi connectivity index (χ1n) is 6.33. The molecule has 0 radical (unpaired) electrons. The first-order valence-corrected chi connectivity index (χ1v) is 6.33. The summed E-state index contributed by atoms with van der Waals surface area (Å²) in [6.45, 7) is -0.0946. The van der Waals surface area contributed by atoms with Crippen molar-refractivity contribution in [1.82, 2.24) is 4.98 Å². The summed E-state index contributed by atoms with van der Waals surface area (Å²) in [4.78, 5) is 15.2. The Kier molecular flexibility index (Phi) is 4.16. The fraction of sp³-hybridized carbons (Fsp3) is 0.583. The second-order valence-electron chi connectivity index (χ2n) is 4.72. The Bertz CT molecular complexity index is 454. The molecule has 0 amide bonds. The quantitative estimate of drug-likeness (QED) is 0.630. The largest absolute Gasteiger partial charge is 0.504 e. The number of aromatic hydroxyl groups is 1. The van der Waals surface area contributed by atoms with E-state index in [-0.39, 0.29) is 24.1 Å². The summed E-state index contributed by atoms with van der Waals surface area (Å²) in [6, 6.07) is 2.45. The molecule has 0 saturated heterocycles. The number of nitrogens with zero attached hydrogens (tertiary/aromatic N) is 3. The van der Waals surface area contributed by atoms with Crippen molar-refractivity contribution in [3.63, 3.8) is 0 Å². The normalized spacial score (nSPS) is 23.0. The highest BCUT2D eigenvalue weighted by molar-refractivity contribution is 5.49. The van der Waals surface area contributed by atoms with Gasteiger partial charge in [-0.15, -0.1) is 0 Å². The maximum atomic E-state index is 11.3. The first kappa shape index (κ1) is 13.5. The van der Waals surface area contributed by atoms with Crippen molar-refractivity contribution in [2.75, 3.05) is 11.6 Å². The van der Waals surface area contributed by atoms with Crippen LogP contribution in [0.2, 0.25) is 0 Å². The molecule has 1 aliphatic carbocycles. The summed E-state index contributed by atoms with van der Waals surface area (Å²) in [5.41, 5.74) is 0. The predicted molar refractivity (Wildman–Crippen MR) is 68.2 cm³/mol. The highest BCUT2D eigenvalue weighted by Crippen LogP contribution is 2.34. The van der Waals surface area contributed by atoms with E-state index in [1.807, 2.05) is 0 Å². The standard InChI is InChI=1S/C12H17N3O4/c16-8-9-4-1-2-5-10(9)14(15(18)19)12-11(17)6-3-7-13-12/h3,6-7,9-10,16-17H,1-2,4-5,8H2. The second kappa shape index (κ2) is 5.83. The summed E-state index contributed by atoms with van der Waals surface area (Å²) >= 11 is 0. The SMILES string of the molecule is O=[N+]([O-])N(c1ncccc1O)C1CCCCC1CO. The average Bonchev–Trinajstić information content (AvgIpc) is 2.41. The molecule has 0 bridgehead atoms. The van der Waals surface area contributed by atoms with Crippen molar-refractivity contribution in [2.24, 2.45) is 5.92 Å². The van der Waals surface area contributed by atoms with Crippen molar-refractivity contribution in [3.05, 3.63) is 28.4 Å². The molecule has 1 saturated carbocycles. The van der Waals surface area contributed by atoms with Crippen molar-refractivity contribution >= 4 is 5.82 Å². The Hall–Kier alpha value is -1.89. The Morgan fingerprint density at radius 1 is 1.47 bits per heavy atom. The van der Waals surface area contributed by atoms with Crippen molar-refractivity contribution in [3.8, 4) is 5.75 Å². The van der Waals surface area contributed by atoms with Crippen molar-refractivity contribution in [1.29, 1.82) is 0 Å². The summed E-state index contributed by atoms with van der Waals surface area (Å²) in [7, 11) is 0. The van der Waals surface area contributed by atoms with Crippen LogP contribution in [0.1, 0.15) is 25.7 Å². The van der Waals surface area contributed by atoms with Gasteiger partial charge < -0.3 is 10.2 Å². The number of pyridine rings is 1. The zero-order chi connectivity index (χ0) is 13.8. The molecule has 0 spiro atoms. The van der Waals surface area contributed by atoms with Gasteiger partial charge in [0.15, 0.2) is 10.8 Å². The molecule has 1 aliphatic rings. The maximum absolute atomic E-state index is 11.3. The molecule has 104 valence electrons. The van der Waals surface area contributed by atoms with Crippen LogP contribution < -0.4 is 5.01 Å². The Morgan fingerprint density at radius 3 is 2.84 bits per heavy atom. The van der Waals surface area contributed by atoms with Gasteiger partial charge in [0.25, 0.3) is 0 Å². The zero-order valence-electron chi connectivity index (χ0n) is 10.5. The number of hydrogen-bond donors (Lipinski definition) is 2. The van der Waals surface area contributed by atoms with Gasteiger partial charge in [0.05, 0.1) is 0 Å². The monoisotopic (exact) mass is 267 g/mol. The van der Waals surface area contributed by atoms with Gasteiger partial charge in [0.1, 0.15) is 6.04 Å². The van der Waals surface area contributed by atoms with Gasteiger partial charge in [-0.2, -0.15) is 0 Å². The van der Waals surface area contributed by atoms with Gasteiger partial charge in [-0.25, -0.2) is 15.1 Å². The lowest BCUT2D eigenvalue weighted by Crippen LogP contribution is -2.47. The molecule has 2 atom stereocenters. The highest BCUT2D eigenvalue weighted by Gasteiger charge is 2.38. The van der Waals surface area contributed by atoms with E-state index in [1.54, 1.807) is 0 Å². The Labute approximate surface area is 110 Å². The van der Waals surface area contributed by atoms with E-state index >= 15 is 0 Å². The summed E-state index contributed by atoms with van der Waals surface area (Å²) in [5, 5.41) is 30.8. The molecule has 1 aromatic rings. The fourth-order valence-corrected chi connectivity index (χ4v) is 2.64. The van der Waals surface area contributed by atoms with Gasteiger partial charge in [-0.3, -0.25) is 0 Å². The van der Waals surface area contributed by atoms with Gasteiger partial charge in [0.2, 0.25) is 5.82 Å². The van der Waals surface area contributed by atoms with Gasteiger partial charge >= 0.3 is 0 Å². The van der Waals surface area contributed by atoms with Crippen LogP contribution in [0, 0.1) is 16.0 Å². The summed E-state index contributed by atoms with van der Waals surface area (Å²) in [5.74, 6) is -0.445. The molecule has 7 heteroatoms. The topological polar surface area (TPSA) is 99.7 Å². The highest BCUT2D eigenvalue weighted by atomic mass is 16.7. The number of aliphatic hydroxyl groups is 1. The van der Waals surface area contributed by atoms with Crippen LogP contribution >= 0.6 is 0 Å². The third kappa shape index (κ3) is 2.76. The van der Waals surface area contributed by atoms with Crippen LogP contribution in [0.15, 0.2) is 18.3 Å². The molecule has 0 aromatic carbocycles. The lowest BCUT2D eigenvalue weighted by molar-refractivity contribution is -0.503. The van der Waals surface area contributed by atoms with Crippen LogP contribution in [0.25, 0.3) is 0 Å². The second-order valence-corrected chi connectivity index (χ2v) is 4.72. The Balaban J connectivity index is 2.34. The summed E-state index contributed by atoms with van der Waals surface area (Å²) < 4.78 is 0. The van der Waals surface area contributed by atoms with E-state index < -0.39 is 11.1 Å². The molecule has 0 aliphatic heterocycles. The number of nitro groups is 1. The van der Waals surface area contributed by atoms with Crippen LogP contribution in [-0.2, 0) is 0 Å². The molecule has 2 unspecified atom stereocenters. The molecule has 7 nitrogen and oxygen atoms in total. The van der Waals surface area contributed by atoms with Gasteiger partial charge in [-0.05, 0) is 25.0 Å². The Morgan fingerprint density at radius 2 is 2.21 bits per heavy atom. The van der Waals surface area contributed by atoms with E-state index in [1.165, 1.54) is 18.3 Å². The fourth-order valence-electron chi connectivity index (χ4n) is 2.64. The molecule has 2 N–H and O–H groups in total. The average molecular weight is 267 g/mol. The van der Waals surface area contributed by atoms with Crippen LogP contribution in [0.3, 0.4) is 0 Å². The maximum Gasteiger partial charge on any atom is 0.236 e. The van der Waals surface area contributed by atoms with Gasteiger partial charge in [0, 0.05) is 18.7 Å². The number of hydrogen-bond acceptors (Lipinski definition) is 5. The minimum Gasteiger partial charge on any atom is -0.504 e. The van der Waals surface area contributed by atoms with E-state index in [0.29, 0.717) is 6.42 Å². The number of anilines is 1. The van der Waals surface area contributed by atoms with Crippen molar-refractivity contribution < 1.29 is 15.2 Å². The molecular weight excluding hydrogens is 250 g/mol. The molecular formula is C12H17N3O4. The third-order valence-electron chi connectivity index (χ3n) is 3.58. The number of aliphatic hydroxyl groups excluding tert-OH is 1. The minimum atomic E-state index is -0.555. The number of hydrazine groups is 1.